The van der Waals surface area contributed by atoms with Crippen LogP contribution in [0.5, 0.6) is 0 Å². The Balaban J connectivity index is 4.15. The van der Waals surface area contributed by atoms with Gasteiger partial charge in [-0.3, -0.25) is 9.36 Å². The SMILES string of the molecule is CC(C=CP(=O)(O)O)C(=O)O. The molecular weight excluding hydrogens is 171 g/mol. The minimum Gasteiger partial charge on any atom is -0.481 e. The zero-order valence-electron chi connectivity index (χ0n) is 5.84. The zero-order chi connectivity index (χ0) is 9.07. The van der Waals surface area contributed by atoms with Crippen LogP contribution in [0.25, 0.3) is 0 Å². The first kappa shape index (κ1) is 10.4. The Morgan fingerprint density at radius 2 is 2.00 bits per heavy atom. The van der Waals surface area contributed by atoms with Crippen molar-refractivity contribution in [2.45, 2.75) is 6.92 Å². The fraction of sp³-hybridized carbons (Fsp3) is 0.400. The highest BCUT2D eigenvalue weighted by molar-refractivity contribution is 7.55. The summed E-state index contributed by atoms with van der Waals surface area (Å²) < 4.78 is 10.2. The molecule has 1 unspecified atom stereocenters. The summed E-state index contributed by atoms with van der Waals surface area (Å²) >= 11 is 0. The van der Waals surface area contributed by atoms with E-state index in [2.05, 4.69) is 0 Å². The predicted octanol–water partition coefficient (Wildman–Crippen LogP) is 0.399. The largest absolute Gasteiger partial charge is 0.481 e. The van der Waals surface area contributed by atoms with E-state index < -0.39 is 19.5 Å². The standard InChI is InChI=1S/C5H9O5P/c1-4(5(6)7)2-3-11(8,9)10/h2-4H,1H3,(H,6,7)(H2,8,9,10). The molecule has 0 aromatic rings. The van der Waals surface area contributed by atoms with Crippen molar-refractivity contribution in [3.8, 4) is 0 Å². The normalized spacial score (nSPS) is 15.2. The lowest BCUT2D eigenvalue weighted by Gasteiger charge is -1.98. The Morgan fingerprint density at radius 1 is 1.55 bits per heavy atom. The van der Waals surface area contributed by atoms with E-state index in [1.165, 1.54) is 6.92 Å². The molecule has 1 atom stereocenters. The minimum atomic E-state index is -4.20. The Kier molecular flexibility index (Phi) is 3.45. The molecule has 0 amide bonds. The monoisotopic (exact) mass is 180 g/mol. The van der Waals surface area contributed by atoms with Crippen molar-refractivity contribution in [3.05, 3.63) is 11.9 Å². The summed E-state index contributed by atoms with van der Waals surface area (Å²) in [4.78, 5) is 26.7. The molecule has 6 heteroatoms. The van der Waals surface area contributed by atoms with Gasteiger partial charge in [0.2, 0.25) is 0 Å². The number of hydrogen-bond donors (Lipinski definition) is 3. The van der Waals surface area contributed by atoms with Gasteiger partial charge in [0, 0.05) is 5.82 Å². The van der Waals surface area contributed by atoms with Crippen LogP contribution in [0.1, 0.15) is 6.92 Å². The third kappa shape index (κ3) is 5.79. The van der Waals surface area contributed by atoms with Gasteiger partial charge in [0.25, 0.3) is 0 Å². The quantitative estimate of drug-likeness (QED) is 0.546. The lowest BCUT2D eigenvalue weighted by Crippen LogP contribution is -2.05. The Morgan fingerprint density at radius 3 is 2.27 bits per heavy atom. The molecule has 0 aliphatic heterocycles. The highest BCUT2D eigenvalue weighted by atomic mass is 31.2. The fourth-order valence-electron chi connectivity index (χ4n) is 0.324. The van der Waals surface area contributed by atoms with E-state index in [4.69, 9.17) is 14.9 Å². The summed E-state index contributed by atoms with van der Waals surface area (Å²) in [6.07, 6.45) is 0.961. The van der Waals surface area contributed by atoms with E-state index in [1.54, 1.807) is 0 Å². The van der Waals surface area contributed by atoms with E-state index in [0.717, 1.165) is 6.08 Å². The first-order chi connectivity index (χ1) is 4.83. The van der Waals surface area contributed by atoms with Gasteiger partial charge in [-0.05, 0) is 6.92 Å². The fourth-order valence-corrected chi connectivity index (χ4v) is 0.806. The number of hydrogen-bond acceptors (Lipinski definition) is 2. The van der Waals surface area contributed by atoms with Gasteiger partial charge in [-0.25, -0.2) is 0 Å². The molecule has 3 N–H and O–H groups in total. The Labute approximate surface area is 63.5 Å². The third-order valence-corrected chi connectivity index (χ3v) is 1.52. The molecule has 0 aromatic carbocycles. The Bertz CT molecular complexity index is 215. The molecule has 0 rings (SSSR count). The minimum absolute atomic E-state index is 0.589. The van der Waals surface area contributed by atoms with Gasteiger partial charge in [-0.2, -0.15) is 0 Å². The van der Waals surface area contributed by atoms with Crippen LogP contribution in [0, 0.1) is 5.92 Å². The molecule has 0 fully saturated rings. The van der Waals surface area contributed by atoms with Gasteiger partial charge in [-0.1, -0.05) is 6.08 Å². The second-order valence-electron chi connectivity index (χ2n) is 2.06. The number of aliphatic carboxylic acids is 1. The van der Waals surface area contributed by atoms with Crippen molar-refractivity contribution >= 4 is 13.6 Å². The van der Waals surface area contributed by atoms with E-state index in [-0.39, 0.29) is 0 Å². The maximum absolute atomic E-state index is 10.2. The summed E-state index contributed by atoms with van der Waals surface area (Å²) in [6.45, 7) is 1.33. The summed E-state index contributed by atoms with van der Waals surface area (Å²) in [5, 5.41) is 8.27. The van der Waals surface area contributed by atoms with Gasteiger partial charge in [-0.15, -0.1) is 0 Å². The molecule has 0 aliphatic carbocycles. The molecule has 0 saturated heterocycles. The average molecular weight is 180 g/mol. The van der Waals surface area contributed by atoms with Gasteiger partial charge in [0.05, 0.1) is 5.92 Å². The first-order valence-electron chi connectivity index (χ1n) is 2.80. The number of carboxylic acids is 1. The van der Waals surface area contributed by atoms with Crippen LogP contribution in [0.2, 0.25) is 0 Å². The number of rotatable bonds is 3. The molecule has 0 heterocycles. The molecule has 0 aliphatic rings. The van der Waals surface area contributed by atoms with E-state index in [9.17, 15) is 9.36 Å². The summed E-state index contributed by atoms with van der Waals surface area (Å²) in [7, 11) is -4.20. The molecule has 0 spiro atoms. The zero-order valence-corrected chi connectivity index (χ0v) is 6.73. The smallest absolute Gasteiger partial charge is 0.348 e. The lowest BCUT2D eigenvalue weighted by molar-refractivity contribution is -0.139. The second-order valence-corrected chi connectivity index (χ2v) is 3.53. The van der Waals surface area contributed by atoms with Crippen LogP contribution < -0.4 is 0 Å². The summed E-state index contributed by atoms with van der Waals surface area (Å²) in [5.41, 5.74) is 0. The van der Waals surface area contributed by atoms with Crippen LogP contribution in [0.4, 0.5) is 0 Å². The molecule has 0 bridgehead atoms. The van der Waals surface area contributed by atoms with Gasteiger partial charge < -0.3 is 14.9 Å². The van der Waals surface area contributed by atoms with Crippen LogP contribution >= 0.6 is 7.60 Å². The van der Waals surface area contributed by atoms with E-state index in [0.29, 0.717) is 5.82 Å². The van der Waals surface area contributed by atoms with Crippen LogP contribution in [0.3, 0.4) is 0 Å². The highest BCUT2D eigenvalue weighted by Gasteiger charge is 2.10. The van der Waals surface area contributed by atoms with Crippen molar-refractivity contribution in [2.24, 2.45) is 5.92 Å². The van der Waals surface area contributed by atoms with Crippen molar-refractivity contribution in [1.82, 2.24) is 0 Å². The molecule has 0 radical (unpaired) electrons. The maximum atomic E-state index is 10.2. The van der Waals surface area contributed by atoms with Crippen LogP contribution in [-0.2, 0) is 9.36 Å². The molecule has 0 aromatic heterocycles. The number of carbonyl (C=O) groups is 1. The first-order valence-corrected chi connectivity index (χ1v) is 4.48. The van der Waals surface area contributed by atoms with Gasteiger partial charge in [0.1, 0.15) is 0 Å². The van der Waals surface area contributed by atoms with Crippen molar-refractivity contribution in [3.63, 3.8) is 0 Å². The third-order valence-electron chi connectivity index (χ3n) is 0.958. The Hall–Kier alpha value is -0.640. The average Bonchev–Trinajstić information content (AvgIpc) is 1.80. The van der Waals surface area contributed by atoms with E-state index in [1.807, 2.05) is 0 Å². The van der Waals surface area contributed by atoms with Crippen molar-refractivity contribution in [2.75, 3.05) is 0 Å². The molecule has 64 valence electrons. The van der Waals surface area contributed by atoms with Gasteiger partial charge in [0.15, 0.2) is 0 Å². The molecule has 11 heavy (non-hydrogen) atoms. The second kappa shape index (κ2) is 3.67. The maximum Gasteiger partial charge on any atom is 0.348 e. The van der Waals surface area contributed by atoms with Crippen molar-refractivity contribution in [1.29, 1.82) is 0 Å². The lowest BCUT2D eigenvalue weighted by atomic mass is 10.2. The van der Waals surface area contributed by atoms with Crippen LogP contribution in [-0.4, -0.2) is 20.9 Å². The molecule has 0 saturated carbocycles. The van der Waals surface area contributed by atoms with Crippen LogP contribution in [0.15, 0.2) is 11.9 Å². The molecular formula is C5H9O5P. The van der Waals surface area contributed by atoms with E-state index >= 15 is 0 Å². The predicted molar refractivity (Wildman–Crippen MR) is 38.0 cm³/mol. The topological polar surface area (TPSA) is 94.8 Å². The molecule has 5 nitrogen and oxygen atoms in total. The summed E-state index contributed by atoms with van der Waals surface area (Å²) in [5.74, 6) is -1.40. The van der Waals surface area contributed by atoms with Crippen molar-refractivity contribution < 1.29 is 24.3 Å². The number of carboxylic acid groups (broad SMARTS) is 1. The summed E-state index contributed by atoms with van der Waals surface area (Å²) in [6, 6.07) is 0. The highest BCUT2D eigenvalue weighted by Crippen LogP contribution is 2.36. The van der Waals surface area contributed by atoms with Gasteiger partial charge >= 0.3 is 13.6 Å².